The van der Waals surface area contributed by atoms with Gasteiger partial charge < -0.3 is 20.5 Å². The van der Waals surface area contributed by atoms with Gasteiger partial charge in [0.25, 0.3) is 0 Å². The third kappa shape index (κ3) is 2.67. The molecule has 102 valence electrons. The van der Waals surface area contributed by atoms with E-state index in [4.69, 9.17) is 27.4 Å². The van der Waals surface area contributed by atoms with Gasteiger partial charge >= 0.3 is 0 Å². The number of benzene rings is 2. The van der Waals surface area contributed by atoms with Gasteiger partial charge in [-0.2, -0.15) is 0 Å². The van der Waals surface area contributed by atoms with E-state index < -0.39 is 0 Å². The van der Waals surface area contributed by atoms with Crippen LogP contribution < -0.4 is 20.5 Å². The monoisotopic (exact) mass is 286 g/mol. The van der Waals surface area contributed by atoms with Gasteiger partial charge in [0.1, 0.15) is 4.99 Å². The van der Waals surface area contributed by atoms with Crippen LogP contribution in [0.15, 0.2) is 42.5 Å². The highest BCUT2D eigenvalue weighted by Crippen LogP contribution is 2.32. The number of hydrogen-bond acceptors (Lipinski definition) is 4. The van der Waals surface area contributed by atoms with Crippen LogP contribution in [-0.2, 0) is 6.54 Å². The molecule has 0 unspecified atom stereocenters. The molecule has 1 aliphatic heterocycles. The molecule has 0 aromatic heterocycles. The SMILES string of the molecule is NC(=S)c1ccc(NCc2ccc3c(c2)OCO3)cc1. The molecular weight excluding hydrogens is 272 g/mol. The third-order valence-corrected chi connectivity index (χ3v) is 3.34. The van der Waals surface area contributed by atoms with E-state index >= 15 is 0 Å². The summed E-state index contributed by atoms with van der Waals surface area (Å²) in [6, 6.07) is 13.7. The Labute approximate surface area is 122 Å². The minimum absolute atomic E-state index is 0.298. The standard InChI is InChI=1S/C15H14N2O2S/c16-15(20)11-2-4-12(5-3-11)17-8-10-1-6-13-14(7-10)19-9-18-13/h1-7,17H,8-9H2,(H2,16,20). The molecule has 4 nitrogen and oxygen atoms in total. The number of anilines is 1. The van der Waals surface area contributed by atoms with Crippen LogP contribution in [0.3, 0.4) is 0 Å². The van der Waals surface area contributed by atoms with E-state index in [1.165, 1.54) is 0 Å². The third-order valence-electron chi connectivity index (χ3n) is 3.10. The Bertz CT molecular complexity index is 641. The zero-order valence-corrected chi connectivity index (χ0v) is 11.6. The van der Waals surface area contributed by atoms with Crippen molar-refractivity contribution in [1.82, 2.24) is 0 Å². The summed E-state index contributed by atoms with van der Waals surface area (Å²) in [6.07, 6.45) is 0. The minimum atomic E-state index is 0.298. The van der Waals surface area contributed by atoms with Crippen LogP contribution in [0.1, 0.15) is 11.1 Å². The molecule has 1 heterocycles. The lowest BCUT2D eigenvalue weighted by Gasteiger charge is -2.08. The van der Waals surface area contributed by atoms with Gasteiger partial charge in [-0.15, -0.1) is 0 Å². The lowest BCUT2D eigenvalue weighted by atomic mass is 10.2. The zero-order valence-electron chi connectivity index (χ0n) is 10.8. The zero-order chi connectivity index (χ0) is 13.9. The number of fused-ring (bicyclic) bond motifs is 1. The number of thiocarbonyl (C=S) groups is 1. The highest BCUT2D eigenvalue weighted by atomic mass is 32.1. The van der Waals surface area contributed by atoms with Crippen molar-refractivity contribution in [3.8, 4) is 11.5 Å². The summed E-state index contributed by atoms with van der Waals surface area (Å²) < 4.78 is 10.6. The molecule has 1 aliphatic rings. The highest BCUT2D eigenvalue weighted by Gasteiger charge is 2.12. The average Bonchev–Trinajstić information content (AvgIpc) is 2.93. The predicted molar refractivity (Wildman–Crippen MR) is 82.2 cm³/mol. The lowest BCUT2D eigenvalue weighted by Crippen LogP contribution is -2.09. The van der Waals surface area contributed by atoms with Gasteiger partial charge in [-0.25, -0.2) is 0 Å². The Morgan fingerprint density at radius 2 is 1.85 bits per heavy atom. The van der Waals surface area contributed by atoms with Crippen molar-refractivity contribution in [1.29, 1.82) is 0 Å². The molecule has 0 atom stereocenters. The summed E-state index contributed by atoms with van der Waals surface area (Å²) in [4.78, 5) is 0.410. The molecule has 0 radical (unpaired) electrons. The normalized spacial score (nSPS) is 12.2. The van der Waals surface area contributed by atoms with Gasteiger partial charge in [0.05, 0.1) is 0 Å². The fraction of sp³-hybridized carbons (Fsp3) is 0.133. The van der Waals surface area contributed by atoms with E-state index in [2.05, 4.69) is 5.32 Å². The van der Waals surface area contributed by atoms with Gasteiger partial charge in [0.15, 0.2) is 11.5 Å². The molecule has 0 bridgehead atoms. The largest absolute Gasteiger partial charge is 0.454 e. The van der Waals surface area contributed by atoms with E-state index in [1.54, 1.807) is 0 Å². The first kappa shape index (κ1) is 12.7. The molecule has 3 N–H and O–H groups in total. The van der Waals surface area contributed by atoms with Gasteiger partial charge in [0, 0.05) is 17.8 Å². The Morgan fingerprint density at radius 1 is 1.10 bits per heavy atom. The molecule has 3 rings (SSSR count). The fourth-order valence-corrected chi connectivity index (χ4v) is 2.14. The summed E-state index contributed by atoms with van der Waals surface area (Å²) >= 11 is 4.92. The Hall–Kier alpha value is -2.27. The van der Waals surface area contributed by atoms with Crippen LogP contribution in [0.2, 0.25) is 0 Å². The summed E-state index contributed by atoms with van der Waals surface area (Å²) in [5, 5.41) is 3.34. The van der Waals surface area contributed by atoms with Crippen molar-refractivity contribution in [2.24, 2.45) is 5.73 Å². The Balaban J connectivity index is 1.65. The first-order valence-corrected chi connectivity index (χ1v) is 6.65. The van der Waals surface area contributed by atoms with Crippen molar-refractivity contribution in [2.45, 2.75) is 6.54 Å². The fourth-order valence-electron chi connectivity index (χ4n) is 2.01. The first-order valence-electron chi connectivity index (χ1n) is 6.24. The predicted octanol–water partition coefficient (Wildman–Crippen LogP) is 2.66. The molecular formula is C15H14N2O2S. The molecule has 0 spiro atoms. The summed E-state index contributed by atoms with van der Waals surface area (Å²) in [5.41, 5.74) is 8.58. The summed E-state index contributed by atoms with van der Waals surface area (Å²) in [7, 11) is 0. The van der Waals surface area contributed by atoms with Crippen molar-refractivity contribution < 1.29 is 9.47 Å². The Kier molecular flexibility index (Phi) is 3.43. The molecule has 2 aromatic carbocycles. The molecule has 0 amide bonds. The maximum atomic E-state index is 5.57. The smallest absolute Gasteiger partial charge is 0.231 e. The average molecular weight is 286 g/mol. The van der Waals surface area contributed by atoms with Gasteiger partial charge in [0.2, 0.25) is 6.79 Å². The maximum absolute atomic E-state index is 5.57. The van der Waals surface area contributed by atoms with Gasteiger partial charge in [-0.3, -0.25) is 0 Å². The number of hydrogen-bond donors (Lipinski definition) is 2. The van der Waals surface area contributed by atoms with Crippen LogP contribution in [-0.4, -0.2) is 11.8 Å². The Morgan fingerprint density at radius 3 is 2.60 bits per heavy atom. The van der Waals surface area contributed by atoms with E-state index in [-0.39, 0.29) is 0 Å². The summed E-state index contributed by atoms with van der Waals surface area (Å²) in [5.74, 6) is 1.60. The first-order chi connectivity index (χ1) is 9.72. The van der Waals surface area contributed by atoms with Crippen LogP contribution >= 0.6 is 12.2 Å². The second-order valence-electron chi connectivity index (χ2n) is 4.48. The van der Waals surface area contributed by atoms with Crippen molar-refractivity contribution in [3.63, 3.8) is 0 Å². The second kappa shape index (κ2) is 5.38. The van der Waals surface area contributed by atoms with Crippen molar-refractivity contribution in [2.75, 3.05) is 12.1 Å². The second-order valence-corrected chi connectivity index (χ2v) is 4.92. The minimum Gasteiger partial charge on any atom is -0.454 e. The van der Waals surface area contributed by atoms with E-state index in [1.807, 2.05) is 42.5 Å². The lowest BCUT2D eigenvalue weighted by molar-refractivity contribution is 0.174. The van der Waals surface area contributed by atoms with Crippen molar-refractivity contribution in [3.05, 3.63) is 53.6 Å². The number of rotatable bonds is 4. The van der Waals surface area contributed by atoms with Gasteiger partial charge in [-0.1, -0.05) is 18.3 Å². The summed E-state index contributed by atoms with van der Waals surface area (Å²) in [6.45, 7) is 1.01. The quantitative estimate of drug-likeness (QED) is 0.846. The topological polar surface area (TPSA) is 56.5 Å². The maximum Gasteiger partial charge on any atom is 0.231 e. The van der Waals surface area contributed by atoms with Crippen molar-refractivity contribution >= 4 is 22.9 Å². The molecule has 0 saturated carbocycles. The number of ether oxygens (including phenoxy) is 2. The van der Waals surface area contributed by atoms with Crippen LogP contribution in [0.25, 0.3) is 0 Å². The number of nitrogens with one attached hydrogen (secondary N) is 1. The molecule has 20 heavy (non-hydrogen) atoms. The molecule has 5 heteroatoms. The van der Waals surface area contributed by atoms with E-state index in [0.717, 1.165) is 28.3 Å². The molecule has 2 aromatic rings. The van der Waals surface area contributed by atoms with Crippen LogP contribution in [0.4, 0.5) is 5.69 Å². The van der Waals surface area contributed by atoms with Crippen LogP contribution in [0, 0.1) is 0 Å². The van der Waals surface area contributed by atoms with E-state index in [9.17, 15) is 0 Å². The number of nitrogens with two attached hydrogens (primary N) is 1. The molecule has 0 fully saturated rings. The van der Waals surface area contributed by atoms with Crippen LogP contribution in [0.5, 0.6) is 11.5 Å². The molecule has 0 saturated heterocycles. The van der Waals surface area contributed by atoms with E-state index in [0.29, 0.717) is 18.3 Å². The highest BCUT2D eigenvalue weighted by molar-refractivity contribution is 7.80. The molecule has 0 aliphatic carbocycles. The van der Waals surface area contributed by atoms with Gasteiger partial charge in [-0.05, 0) is 42.0 Å².